The Morgan fingerprint density at radius 1 is 1.10 bits per heavy atom. The molecule has 0 aromatic heterocycles. The molecular formula is C8H11BrF6O3S2. The van der Waals surface area contributed by atoms with Gasteiger partial charge in [0.1, 0.15) is 17.3 Å². The Hall–Kier alpha value is 0.320. The summed E-state index contributed by atoms with van der Waals surface area (Å²) >= 11 is 2.69. The van der Waals surface area contributed by atoms with E-state index in [0.717, 1.165) is 24.3 Å². The van der Waals surface area contributed by atoms with Gasteiger partial charge in [0, 0.05) is 0 Å². The van der Waals surface area contributed by atoms with Crippen LogP contribution in [0.1, 0.15) is 12.8 Å². The first-order valence-corrected chi connectivity index (χ1v) is 9.18. The number of halogens is 7. The number of rotatable bonds is 2. The maximum Gasteiger partial charge on any atom is 0.485 e. The van der Waals surface area contributed by atoms with Crippen molar-refractivity contribution in [1.29, 1.82) is 0 Å². The molecule has 122 valence electrons. The van der Waals surface area contributed by atoms with Gasteiger partial charge in [-0.25, -0.2) is 8.42 Å². The summed E-state index contributed by atoms with van der Waals surface area (Å²) in [5.74, 6) is 2.28. The van der Waals surface area contributed by atoms with E-state index < -0.39 is 26.6 Å². The van der Waals surface area contributed by atoms with Crippen LogP contribution in [-0.2, 0) is 21.0 Å². The molecule has 1 atom stereocenters. The van der Waals surface area contributed by atoms with Gasteiger partial charge in [0.05, 0.1) is 0 Å². The predicted octanol–water partition coefficient (Wildman–Crippen LogP) is 2.78. The third kappa shape index (κ3) is 7.93. The zero-order chi connectivity index (χ0) is 16.2. The second-order valence-electron chi connectivity index (χ2n) is 3.80. The molecule has 0 saturated carbocycles. The van der Waals surface area contributed by atoms with E-state index in [1.807, 2.05) is 0 Å². The average molecular weight is 413 g/mol. The molecule has 1 heterocycles. The van der Waals surface area contributed by atoms with Gasteiger partial charge >= 0.3 is 11.7 Å². The van der Waals surface area contributed by atoms with Crippen molar-refractivity contribution in [2.24, 2.45) is 0 Å². The molecule has 1 rings (SSSR count). The third-order valence-electron chi connectivity index (χ3n) is 2.14. The highest BCUT2D eigenvalue weighted by Gasteiger charge is 2.43. The monoisotopic (exact) mass is 412 g/mol. The molecule has 0 aromatic carbocycles. The summed E-state index contributed by atoms with van der Waals surface area (Å²) in [4.78, 5) is -1.29. The first kappa shape index (κ1) is 20.3. The highest BCUT2D eigenvalue weighted by Crippen LogP contribution is 2.29. The van der Waals surface area contributed by atoms with Crippen molar-refractivity contribution < 1.29 is 39.3 Å². The molecule has 1 fully saturated rings. The summed E-state index contributed by atoms with van der Waals surface area (Å²) in [7, 11) is -6.06. The summed E-state index contributed by atoms with van der Waals surface area (Å²) in [5, 5.41) is 0. The lowest BCUT2D eigenvalue weighted by atomic mass is 10.4. The van der Waals surface area contributed by atoms with E-state index in [1.165, 1.54) is 0 Å². The summed E-state index contributed by atoms with van der Waals surface area (Å²) in [5.41, 5.74) is -5.65. The van der Waals surface area contributed by atoms with Crippen LogP contribution in [0.3, 0.4) is 0 Å². The van der Waals surface area contributed by atoms with Gasteiger partial charge in [0.25, 0.3) is 0 Å². The average Bonchev–Trinajstić information content (AvgIpc) is 2.66. The molecule has 0 aromatic rings. The predicted molar refractivity (Wildman–Crippen MR) is 65.7 cm³/mol. The fourth-order valence-corrected chi connectivity index (χ4v) is 4.67. The summed E-state index contributed by atoms with van der Waals surface area (Å²) in [6.45, 7) is 0. The zero-order valence-electron chi connectivity index (χ0n) is 9.80. The summed E-state index contributed by atoms with van der Waals surface area (Å²) in [6, 6.07) is 0. The Balaban J connectivity index is 0.000000396. The van der Waals surface area contributed by atoms with Crippen LogP contribution >= 0.6 is 15.9 Å². The van der Waals surface area contributed by atoms with E-state index in [0.29, 0.717) is 0 Å². The van der Waals surface area contributed by atoms with Crippen molar-refractivity contribution >= 4 is 36.9 Å². The molecule has 0 aliphatic carbocycles. The van der Waals surface area contributed by atoms with Gasteiger partial charge in [0.2, 0.25) is 0 Å². The van der Waals surface area contributed by atoms with Crippen molar-refractivity contribution in [3.8, 4) is 0 Å². The standard InChI is InChI=1S/C7H11BrF3S.CHF3O3S/c8-6(7(9,10)11)5-12-3-1-2-4-12;2-1(3,4)8(5,6)7/h6H,1-5H2;(H,5,6,7)/q+1;/p-1. The Bertz CT molecular complexity index is 388. The van der Waals surface area contributed by atoms with Crippen LogP contribution in [-0.4, -0.2) is 46.7 Å². The molecule has 0 radical (unpaired) electrons. The van der Waals surface area contributed by atoms with Gasteiger partial charge < -0.3 is 4.55 Å². The molecule has 1 aliphatic rings. The van der Waals surface area contributed by atoms with Crippen LogP contribution in [0.15, 0.2) is 0 Å². The van der Waals surface area contributed by atoms with E-state index >= 15 is 0 Å². The van der Waals surface area contributed by atoms with E-state index in [2.05, 4.69) is 15.9 Å². The van der Waals surface area contributed by atoms with Gasteiger partial charge in [-0.3, -0.25) is 0 Å². The number of hydrogen-bond donors (Lipinski definition) is 0. The van der Waals surface area contributed by atoms with E-state index in [4.69, 9.17) is 13.0 Å². The molecule has 0 N–H and O–H groups in total. The van der Waals surface area contributed by atoms with Gasteiger partial charge in [0.15, 0.2) is 14.9 Å². The molecule has 0 spiro atoms. The lowest BCUT2D eigenvalue weighted by Gasteiger charge is -2.12. The maximum atomic E-state index is 12.1. The van der Waals surface area contributed by atoms with Gasteiger partial charge in [-0.05, 0) is 23.7 Å². The van der Waals surface area contributed by atoms with Crippen LogP contribution < -0.4 is 0 Å². The van der Waals surface area contributed by atoms with Crippen LogP contribution in [0.5, 0.6) is 0 Å². The molecule has 1 aliphatic heterocycles. The summed E-state index contributed by atoms with van der Waals surface area (Å²) in [6.07, 6.45) is -1.84. The Labute approximate surface area is 123 Å². The Morgan fingerprint density at radius 2 is 1.45 bits per heavy atom. The maximum absolute atomic E-state index is 12.1. The normalized spacial score (nSPS) is 19.4. The first-order valence-electron chi connectivity index (χ1n) is 5.12. The van der Waals surface area contributed by atoms with Crippen molar-refractivity contribution in [3.05, 3.63) is 0 Å². The minimum absolute atomic E-state index is 0.0293. The van der Waals surface area contributed by atoms with Gasteiger partial charge in [-0.1, -0.05) is 15.9 Å². The van der Waals surface area contributed by atoms with Crippen LogP contribution in [0.4, 0.5) is 26.3 Å². The molecular weight excluding hydrogens is 402 g/mol. The van der Waals surface area contributed by atoms with Crippen molar-refractivity contribution in [2.75, 3.05) is 17.3 Å². The minimum Gasteiger partial charge on any atom is -0.741 e. The molecule has 0 amide bonds. The number of alkyl halides is 7. The highest BCUT2D eigenvalue weighted by molar-refractivity contribution is 9.09. The third-order valence-corrected chi connectivity index (χ3v) is 6.51. The highest BCUT2D eigenvalue weighted by atomic mass is 79.9. The molecule has 20 heavy (non-hydrogen) atoms. The van der Waals surface area contributed by atoms with Gasteiger partial charge in [-0.15, -0.1) is 0 Å². The largest absolute Gasteiger partial charge is 0.741 e. The van der Waals surface area contributed by atoms with E-state index in [1.54, 1.807) is 0 Å². The van der Waals surface area contributed by atoms with Crippen LogP contribution in [0.25, 0.3) is 0 Å². The molecule has 1 saturated heterocycles. The minimum atomic E-state index is -6.09. The van der Waals surface area contributed by atoms with Crippen molar-refractivity contribution in [2.45, 2.75) is 29.4 Å². The van der Waals surface area contributed by atoms with Crippen molar-refractivity contribution in [1.82, 2.24) is 0 Å². The van der Waals surface area contributed by atoms with E-state index in [9.17, 15) is 26.3 Å². The smallest absolute Gasteiger partial charge is 0.485 e. The molecule has 0 bridgehead atoms. The van der Waals surface area contributed by atoms with Crippen LogP contribution in [0.2, 0.25) is 0 Å². The van der Waals surface area contributed by atoms with E-state index in [-0.39, 0.29) is 16.6 Å². The second-order valence-corrected chi connectivity index (χ2v) is 8.65. The fraction of sp³-hybridized carbons (Fsp3) is 1.00. The van der Waals surface area contributed by atoms with Crippen LogP contribution in [0, 0.1) is 0 Å². The lowest BCUT2D eigenvalue weighted by Crippen LogP contribution is -2.31. The first-order chi connectivity index (χ1) is 8.75. The topological polar surface area (TPSA) is 57.2 Å². The van der Waals surface area contributed by atoms with Gasteiger partial charge in [-0.2, -0.15) is 26.3 Å². The summed E-state index contributed by atoms with van der Waals surface area (Å²) < 4.78 is 95.1. The molecule has 12 heteroatoms. The lowest BCUT2D eigenvalue weighted by molar-refractivity contribution is -0.122. The fourth-order valence-electron chi connectivity index (χ4n) is 1.18. The number of hydrogen-bond acceptors (Lipinski definition) is 3. The Morgan fingerprint density at radius 3 is 1.70 bits per heavy atom. The molecule has 1 unspecified atom stereocenters. The Kier molecular flexibility index (Phi) is 7.66. The molecule has 3 nitrogen and oxygen atoms in total. The zero-order valence-corrected chi connectivity index (χ0v) is 13.0. The quantitative estimate of drug-likeness (QED) is 0.230. The van der Waals surface area contributed by atoms with Crippen molar-refractivity contribution in [3.63, 3.8) is 0 Å². The second kappa shape index (κ2) is 7.54. The SMILES string of the molecule is FC(F)(F)C(Br)C[S+]1CCCC1.O=S(=O)([O-])C(F)(F)F.